The summed E-state index contributed by atoms with van der Waals surface area (Å²) >= 11 is 0. The van der Waals surface area contributed by atoms with Crippen molar-refractivity contribution in [2.24, 2.45) is 0 Å². The minimum Gasteiger partial charge on any atom is -0.497 e. The largest absolute Gasteiger partial charge is 0.497 e. The second kappa shape index (κ2) is 5.19. The summed E-state index contributed by atoms with van der Waals surface area (Å²) in [6, 6.07) is 5.90. The first-order chi connectivity index (χ1) is 9.40. The van der Waals surface area contributed by atoms with E-state index < -0.39 is 0 Å². The number of aromatic nitrogens is 1. The van der Waals surface area contributed by atoms with Crippen LogP contribution in [0.2, 0.25) is 0 Å². The Morgan fingerprint density at radius 1 is 1.05 bits per heavy atom. The molecule has 4 nitrogen and oxygen atoms in total. The van der Waals surface area contributed by atoms with Crippen LogP contribution in [0.5, 0.6) is 11.5 Å². The van der Waals surface area contributed by atoms with Gasteiger partial charge in [-0.05, 0) is 6.07 Å². The summed E-state index contributed by atoms with van der Waals surface area (Å²) in [5.74, 6) is 1.51. The molecule has 0 aliphatic rings. The van der Waals surface area contributed by atoms with Gasteiger partial charge in [0.25, 0.3) is 0 Å². The summed E-state index contributed by atoms with van der Waals surface area (Å²) in [5, 5.41) is 4.21. The smallest absolute Gasteiger partial charge is 0.134 e. The summed E-state index contributed by atoms with van der Waals surface area (Å²) in [7, 11) is 5.21. The molecule has 20 heavy (non-hydrogen) atoms. The van der Waals surface area contributed by atoms with E-state index in [0.29, 0.717) is 0 Å². The minimum absolute atomic E-state index is 0.0178. The number of anilines is 1. The van der Waals surface area contributed by atoms with E-state index in [1.54, 1.807) is 14.2 Å². The molecule has 0 saturated heterocycles. The van der Waals surface area contributed by atoms with Gasteiger partial charge in [-0.1, -0.05) is 20.8 Å². The molecular formula is C16H22N2O2. The van der Waals surface area contributed by atoms with Crippen LogP contribution in [0, 0.1) is 0 Å². The van der Waals surface area contributed by atoms with Gasteiger partial charge in [0.1, 0.15) is 11.5 Å². The Balaban J connectivity index is 2.83. The Labute approximate surface area is 120 Å². The first-order valence-corrected chi connectivity index (χ1v) is 6.65. The van der Waals surface area contributed by atoms with E-state index in [9.17, 15) is 0 Å². The standard InChI is InChI=1S/C16H22N2O2/c1-16(2,3)14-9-11(17-4)15-12(18-14)7-10(19-5)8-13(15)20-6/h7-9H,1-6H3,(H,17,18). The van der Waals surface area contributed by atoms with Gasteiger partial charge in [0.05, 0.1) is 25.1 Å². The second-order valence-electron chi connectivity index (χ2n) is 5.78. The van der Waals surface area contributed by atoms with Crippen LogP contribution in [0.3, 0.4) is 0 Å². The van der Waals surface area contributed by atoms with Crippen molar-refractivity contribution in [3.05, 3.63) is 23.9 Å². The monoisotopic (exact) mass is 274 g/mol. The number of methoxy groups -OCH3 is 2. The molecule has 1 N–H and O–H groups in total. The summed E-state index contributed by atoms with van der Waals surface area (Å²) in [6.07, 6.45) is 0. The first-order valence-electron chi connectivity index (χ1n) is 6.65. The molecule has 4 heteroatoms. The summed E-state index contributed by atoms with van der Waals surface area (Å²) in [5.41, 5.74) is 2.90. The number of nitrogens with one attached hydrogen (secondary N) is 1. The number of hydrogen-bond donors (Lipinski definition) is 1. The number of fused-ring (bicyclic) bond motifs is 1. The van der Waals surface area contributed by atoms with Crippen molar-refractivity contribution >= 4 is 16.6 Å². The lowest BCUT2D eigenvalue weighted by molar-refractivity contribution is 0.398. The number of ether oxygens (including phenoxy) is 2. The van der Waals surface area contributed by atoms with Gasteiger partial charge < -0.3 is 14.8 Å². The van der Waals surface area contributed by atoms with Gasteiger partial charge in [0.2, 0.25) is 0 Å². The van der Waals surface area contributed by atoms with Crippen LogP contribution in [-0.4, -0.2) is 26.3 Å². The fourth-order valence-corrected chi connectivity index (χ4v) is 2.17. The number of pyridine rings is 1. The highest BCUT2D eigenvalue weighted by Crippen LogP contribution is 2.37. The van der Waals surface area contributed by atoms with Crippen LogP contribution < -0.4 is 14.8 Å². The van der Waals surface area contributed by atoms with Crippen molar-refractivity contribution in [2.45, 2.75) is 26.2 Å². The SMILES string of the molecule is CNc1cc(C(C)(C)C)nc2cc(OC)cc(OC)c12. The van der Waals surface area contributed by atoms with E-state index in [1.807, 2.05) is 19.2 Å². The highest BCUT2D eigenvalue weighted by Gasteiger charge is 2.19. The average Bonchev–Trinajstić information content (AvgIpc) is 2.43. The predicted octanol–water partition coefficient (Wildman–Crippen LogP) is 3.59. The van der Waals surface area contributed by atoms with Crippen LogP contribution in [0.4, 0.5) is 5.69 Å². The molecule has 1 heterocycles. The third-order valence-electron chi connectivity index (χ3n) is 3.34. The lowest BCUT2D eigenvalue weighted by Gasteiger charge is -2.21. The molecule has 0 atom stereocenters. The van der Waals surface area contributed by atoms with Gasteiger partial charge in [-0.15, -0.1) is 0 Å². The summed E-state index contributed by atoms with van der Waals surface area (Å²) < 4.78 is 10.8. The molecule has 0 fully saturated rings. The Morgan fingerprint density at radius 2 is 1.75 bits per heavy atom. The third-order valence-corrected chi connectivity index (χ3v) is 3.34. The van der Waals surface area contributed by atoms with E-state index in [2.05, 4.69) is 32.2 Å². The molecule has 0 amide bonds. The van der Waals surface area contributed by atoms with Crippen LogP contribution >= 0.6 is 0 Å². The summed E-state index contributed by atoms with van der Waals surface area (Å²) in [6.45, 7) is 6.45. The highest BCUT2D eigenvalue weighted by atomic mass is 16.5. The Morgan fingerprint density at radius 3 is 2.25 bits per heavy atom. The zero-order chi connectivity index (χ0) is 14.9. The Kier molecular flexibility index (Phi) is 3.75. The van der Waals surface area contributed by atoms with Crippen molar-refractivity contribution in [3.63, 3.8) is 0 Å². The van der Waals surface area contributed by atoms with Gasteiger partial charge >= 0.3 is 0 Å². The minimum atomic E-state index is -0.0178. The van der Waals surface area contributed by atoms with Gasteiger partial charge in [-0.2, -0.15) is 0 Å². The normalized spacial score (nSPS) is 11.5. The second-order valence-corrected chi connectivity index (χ2v) is 5.78. The molecular weight excluding hydrogens is 252 g/mol. The van der Waals surface area contributed by atoms with Crippen molar-refractivity contribution in [1.82, 2.24) is 4.98 Å². The molecule has 1 aromatic heterocycles. The molecule has 0 aliphatic carbocycles. The molecule has 2 rings (SSSR count). The summed E-state index contributed by atoms with van der Waals surface area (Å²) in [4.78, 5) is 4.77. The molecule has 0 spiro atoms. The number of nitrogens with zero attached hydrogens (tertiary/aromatic N) is 1. The number of hydrogen-bond acceptors (Lipinski definition) is 4. The van der Waals surface area contributed by atoms with Gasteiger partial charge in [0, 0.05) is 36.0 Å². The van der Waals surface area contributed by atoms with Crippen molar-refractivity contribution < 1.29 is 9.47 Å². The fourth-order valence-electron chi connectivity index (χ4n) is 2.17. The van der Waals surface area contributed by atoms with Crippen LogP contribution in [-0.2, 0) is 5.41 Å². The molecule has 0 aliphatic heterocycles. The molecule has 0 radical (unpaired) electrons. The molecule has 2 aromatic rings. The lowest BCUT2D eigenvalue weighted by atomic mass is 9.90. The maximum atomic E-state index is 5.48. The lowest BCUT2D eigenvalue weighted by Crippen LogP contribution is -2.14. The van der Waals surface area contributed by atoms with E-state index in [4.69, 9.17) is 14.5 Å². The Bertz CT molecular complexity index is 630. The van der Waals surface area contributed by atoms with Gasteiger partial charge in [0.15, 0.2) is 0 Å². The fraction of sp³-hybridized carbons (Fsp3) is 0.438. The molecule has 1 aromatic carbocycles. The number of rotatable bonds is 3. The highest BCUT2D eigenvalue weighted by molar-refractivity contribution is 5.97. The first kappa shape index (κ1) is 14.4. The molecule has 0 unspecified atom stereocenters. The average molecular weight is 274 g/mol. The zero-order valence-corrected chi connectivity index (χ0v) is 13.0. The van der Waals surface area contributed by atoms with Crippen LogP contribution in [0.15, 0.2) is 18.2 Å². The van der Waals surface area contributed by atoms with E-state index in [0.717, 1.165) is 33.8 Å². The quantitative estimate of drug-likeness (QED) is 0.929. The maximum Gasteiger partial charge on any atom is 0.134 e. The topological polar surface area (TPSA) is 43.4 Å². The van der Waals surface area contributed by atoms with E-state index in [1.165, 1.54) is 0 Å². The Hall–Kier alpha value is -1.97. The maximum absolute atomic E-state index is 5.48. The number of benzene rings is 1. The molecule has 108 valence electrons. The van der Waals surface area contributed by atoms with Gasteiger partial charge in [-0.3, -0.25) is 4.98 Å². The van der Waals surface area contributed by atoms with Crippen LogP contribution in [0.1, 0.15) is 26.5 Å². The van der Waals surface area contributed by atoms with Crippen LogP contribution in [0.25, 0.3) is 10.9 Å². The zero-order valence-electron chi connectivity index (χ0n) is 13.0. The van der Waals surface area contributed by atoms with Crippen molar-refractivity contribution in [2.75, 3.05) is 26.6 Å². The van der Waals surface area contributed by atoms with E-state index in [-0.39, 0.29) is 5.41 Å². The molecule has 0 saturated carbocycles. The van der Waals surface area contributed by atoms with Gasteiger partial charge in [-0.25, -0.2) is 0 Å². The third kappa shape index (κ3) is 2.50. The van der Waals surface area contributed by atoms with E-state index >= 15 is 0 Å². The molecule has 0 bridgehead atoms. The van der Waals surface area contributed by atoms with Crippen molar-refractivity contribution in [1.29, 1.82) is 0 Å². The predicted molar refractivity (Wildman–Crippen MR) is 83.1 cm³/mol. The van der Waals surface area contributed by atoms with Crippen molar-refractivity contribution in [3.8, 4) is 11.5 Å².